The van der Waals surface area contributed by atoms with Crippen LogP contribution in [0.3, 0.4) is 0 Å². The van der Waals surface area contributed by atoms with Gasteiger partial charge in [0, 0.05) is 30.6 Å². The molecule has 0 aliphatic carbocycles. The molecule has 0 amide bonds. The molecule has 0 spiro atoms. The summed E-state index contributed by atoms with van der Waals surface area (Å²) in [5, 5.41) is -3.16. The van der Waals surface area contributed by atoms with Gasteiger partial charge >= 0.3 is 20.3 Å². The van der Waals surface area contributed by atoms with Crippen LogP contribution in [0.15, 0.2) is 41.7 Å². The third-order valence-electron chi connectivity index (χ3n) is 5.43. The number of aliphatic imine (C=N–C) groups is 1. The highest BCUT2D eigenvalue weighted by Gasteiger charge is 2.68. The average Bonchev–Trinajstić information content (AvgIpc) is 3.24. The maximum Gasteiger partial charge on any atom is 0.381 e. The molecule has 0 unspecified atom stereocenters. The Balaban J connectivity index is 2.16. The van der Waals surface area contributed by atoms with Crippen molar-refractivity contribution in [3.05, 3.63) is 53.3 Å². The number of benzene rings is 1. The Hall–Kier alpha value is -1.73. The van der Waals surface area contributed by atoms with Gasteiger partial charge in [0.25, 0.3) is 0 Å². The third kappa shape index (κ3) is 6.88. The molecule has 0 N–H and O–H groups in total. The Kier molecular flexibility index (Phi) is 9.89. The van der Waals surface area contributed by atoms with E-state index in [1.165, 1.54) is 6.20 Å². The first-order valence-electron chi connectivity index (χ1n) is 12.9. The molecule has 3 rings (SSSR count). The van der Waals surface area contributed by atoms with Crippen LogP contribution < -0.4 is 0 Å². The van der Waals surface area contributed by atoms with Crippen LogP contribution in [0.2, 0.25) is 0 Å². The van der Waals surface area contributed by atoms with Crippen molar-refractivity contribution in [2.24, 2.45) is 4.99 Å². The summed E-state index contributed by atoms with van der Waals surface area (Å²) in [5.74, 6) is 0. The van der Waals surface area contributed by atoms with Gasteiger partial charge in [-0.15, -0.1) is 0 Å². The number of pyridine rings is 1. The van der Waals surface area contributed by atoms with Gasteiger partial charge in [-0.05, 0) is 89.8 Å². The summed E-state index contributed by atoms with van der Waals surface area (Å²) < 4.78 is 69.0. The molecule has 1 aliphatic heterocycles. The fraction of sp³-hybridized carbons (Fsp3) is 0.556. The maximum absolute atomic E-state index is 17.7. The van der Waals surface area contributed by atoms with Crippen molar-refractivity contribution in [2.45, 2.75) is 97.9 Å². The zero-order valence-electron chi connectivity index (χ0n) is 23.4. The molecule has 1 aromatic heterocycles. The van der Waals surface area contributed by atoms with Crippen LogP contribution in [-0.2, 0) is 40.2 Å². The molecular weight excluding hydrogens is 529 g/mol. The fourth-order valence-corrected chi connectivity index (χ4v) is 9.59. The monoisotopic (exact) mass is 568 g/mol. The van der Waals surface area contributed by atoms with Crippen LogP contribution in [0.5, 0.6) is 0 Å². The molecule has 8 nitrogen and oxygen atoms in total. The zero-order valence-corrected chi connectivity index (χ0v) is 25.2. The second kappa shape index (κ2) is 12.2. The molecule has 0 fully saturated rings. The van der Waals surface area contributed by atoms with Crippen molar-refractivity contribution in [1.82, 2.24) is 4.98 Å². The molecule has 1 aliphatic rings. The summed E-state index contributed by atoms with van der Waals surface area (Å²) in [6.45, 7) is 13.5. The first-order valence-corrected chi connectivity index (χ1v) is 16.0. The van der Waals surface area contributed by atoms with Crippen molar-refractivity contribution in [2.75, 3.05) is 0 Å². The number of halogens is 1. The highest BCUT2D eigenvalue weighted by Crippen LogP contribution is 2.80. The summed E-state index contributed by atoms with van der Waals surface area (Å²) in [7, 11) is -9.55. The molecule has 2 aromatic rings. The first-order chi connectivity index (χ1) is 17.7. The van der Waals surface area contributed by atoms with E-state index >= 15 is 4.39 Å². The minimum Gasteiger partial charge on any atom is -0.303 e. The highest BCUT2D eigenvalue weighted by molar-refractivity contribution is 7.74. The highest BCUT2D eigenvalue weighted by atomic mass is 31.2. The van der Waals surface area contributed by atoms with E-state index < -0.39 is 51.2 Å². The Morgan fingerprint density at radius 1 is 0.816 bits per heavy atom. The first kappa shape index (κ1) is 30.8. The van der Waals surface area contributed by atoms with E-state index in [0.717, 1.165) is 16.7 Å². The Labute approximate surface area is 225 Å². The van der Waals surface area contributed by atoms with Crippen molar-refractivity contribution in [3.63, 3.8) is 0 Å². The summed E-state index contributed by atoms with van der Waals surface area (Å²) in [6.07, 6.45) is 1.50. The molecule has 1 aromatic carbocycles. The molecule has 38 heavy (non-hydrogen) atoms. The SMILES string of the molecule is CC(C)OP(=O)(OC(C)C)C(F)(Cc1cncc(-c2ccc3c(c2)C=NC3)c1)P(=O)(OC(C)C)OC(C)C. The van der Waals surface area contributed by atoms with Gasteiger partial charge in [-0.25, -0.2) is 4.39 Å². The van der Waals surface area contributed by atoms with Crippen LogP contribution >= 0.6 is 15.2 Å². The number of hydrogen-bond acceptors (Lipinski definition) is 8. The van der Waals surface area contributed by atoms with Crippen molar-refractivity contribution < 1.29 is 31.6 Å². The number of hydrogen-bond donors (Lipinski definition) is 0. The minimum absolute atomic E-state index is 0.332. The molecule has 0 saturated carbocycles. The van der Waals surface area contributed by atoms with Crippen LogP contribution in [0.1, 0.15) is 72.1 Å². The lowest BCUT2D eigenvalue weighted by Gasteiger charge is -2.39. The van der Waals surface area contributed by atoms with E-state index in [2.05, 4.69) is 9.98 Å². The summed E-state index contributed by atoms with van der Waals surface area (Å²) in [6, 6.07) is 7.64. The molecule has 2 heterocycles. The quantitative estimate of drug-likeness (QED) is 0.226. The van der Waals surface area contributed by atoms with Crippen molar-refractivity contribution in [1.29, 1.82) is 0 Å². The summed E-state index contributed by atoms with van der Waals surface area (Å²) in [4.78, 5) is 8.60. The van der Waals surface area contributed by atoms with Crippen molar-refractivity contribution in [3.8, 4) is 11.1 Å². The van der Waals surface area contributed by atoms with Gasteiger partial charge in [-0.3, -0.25) is 19.1 Å². The maximum atomic E-state index is 17.7. The topological polar surface area (TPSA) is 96.3 Å². The molecule has 210 valence electrons. The van der Waals surface area contributed by atoms with E-state index in [9.17, 15) is 9.13 Å². The van der Waals surface area contributed by atoms with Gasteiger partial charge in [0.05, 0.1) is 31.0 Å². The standard InChI is InChI=1S/C27H39FN2O6P2/c1-18(2)33-37(31,34-19(3)4)27(28,38(32,35-20(5)6)36-21(7)8)13-22-11-25(16-29-14-22)23-9-10-24-15-30-17-26(24)12-23/h9-12,14,16-21H,13,15H2,1-8H3. The number of nitrogens with zero attached hydrogens (tertiary/aromatic N) is 2. The number of fused-ring (bicyclic) bond motifs is 1. The van der Waals surface area contributed by atoms with Crippen LogP contribution in [0.4, 0.5) is 4.39 Å². The predicted octanol–water partition coefficient (Wildman–Crippen LogP) is 7.93. The molecule has 0 bridgehead atoms. The summed E-state index contributed by atoms with van der Waals surface area (Å²) >= 11 is 0. The molecule has 11 heteroatoms. The number of alkyl halides is 1. The van der Waals surface area contributed by atoms with E-state index in [-0.39, 0.29) is 0 Å². The van der Waals surface area contributed by atoms with E-state index in [0.29, 0.717) is 17.7 Å². The largest absolute Gasteiger partial charge is 0.381 e. The Bertz CT molecular complexity index is 1180. The lowest BCUT2D eigenvalue weighted by molar-refractivity contribution is 0.0807. The van der Waals surface area contributed by atoms with Gasteiger partial charge in [0.2, 0.25) is 0 Å². The van der Waals surface area contributed by atoms with Crippen molar-refractivity contribution >= 4 is 21.4 Å². The lowest BCUT2D eigenvalue weighted by Crippen LogP contribution is -2.34. The van der Waals surface area contributed by atoms with Crippen LogP contribution in [0.25, 0.3) is 11.1 Å². The number of rotatable bonds is 13. The summed E-state index contributed by atoms with van der Waals surface area (Å²) in [5.41, 5.74) is 4.03. The third-order valence-corrected chi connectivity index (χ3v) is 11.7. The minimum atomic E-state index is -4.78. The smallest absolute Gasteiger partial charge is 0.303 e. The van der Waals surface area contributed by atoms with Gasteiger partial charge < -0.3 is 18.1 Å². The zero-order chi connectivity index (χ0) is 28.3. The lowest BCUT2D eigenvalue weighted by atomic mass is 10.0. The Morgan fingerprint density at radius 3 is 1.84 bits per heavy atom. The van der Waals surface area contributed by atoms with Gasteiger partial charge in [-0.1, -0.05) is 12.1 Å². The second-order valence-corrected chi connectivity index (χ2v) is 15.1. The van der Waals surface area contributed by atoms with E-state index in [1.54, 1.807) is 67.7 Å². The average molecular weight is 569 g/mol. The van der Waals surface area contributed by atoms with Gasteiger partial charge in [0.1, 0.15) is 0 Å². The second-order valence-electron chi connectivity index (χ2n) is 10.5. The van der Waals surface area contributed by atoms with Gasteiger partial charge in [0.15, 0.2) is 0 Å². The van der Waals surface area contributed by atoms with E-state index in [4.69, 9.17) is 18.1 Å². The molecule has 0 radical (unpaired) electrons. The molecule has 0 atom stereocenters. The van der Waals surface area contributed by atoms with Crippen LogP contribution in [0, 0.1) is 0 Å². The normalized spacial score (nSPS) is 14.3. The Morgan fingerprint density at radius 2 is 1.34 bits per heavy atom. The predicted molar refractivity (Wildman–Crippen MR) is 149 cm³/mol. The van der Waals surface area contributed by atoms with Gasteiger partial charge in [-0.2, -0.15) is 0 Å². The van der Waals surface area contributed by atoms with Crippen LogP contribution in [-0.4, -0.2) is 40.8 Å². The van der Waals surface area contributed by atoms with E-state index in [1.807, 2.05) is 24.4 Å². The molecular formula is C27H39FN2O6P2. The fourth-order valence-electron chi connectivity index (χ4n) is 4.11. The number of aromatic nitrogens is 1. The molecule has 0 saturated heterocycles.